The highest BCUT2D eigenvalue weighted by atomic mass is 19.4. The molecule has 14 nitrogen and oxygen atoms in total. The molecular formula is C33H41F6N7O7. The topological polar surface area (TPSA) is 236 Å². The summed E-state index contributed by atoms with van der Waals surface area (Å²) in [6.45, 7) is 8.68. The molecule has 0 fully saturated rings. The number of carbonyl (C=O) groups is 3. The number of rotatable bonds is 13. The highest BCUT2D eigenvalue weighted by Crippen LogP contribution is 2.28. The highest BCUT2D eigenvalue weighted by Gasteiger charge is 2.38. The van der Waals surface area contributed by atoms with E-state index in [1.54, 1.807) is 42.6 Å². The van der Waals surface area contributed by atoms with Crippen LogP contribution in [0, 0.1) is 11.3 Å². The summed E-state index contributed by atoms with van der Waals surface area (Å²) < 4.78 is 70.9. The van der Waals surface area contributed by atoms with Crippen LogP contribution in [0.3, 0.4) is 0 Å². The fraction of sp³-hybridized carbons (Fsp3) is 0.394. The van der Waals surface area contributed by atoms with Gasteiger partial charge >= 0.3 is 24.3 Å². The van der Waals surface area contributed by atoms with Crippen LogP contribution in [0.25, 0.3) is 11.3 Å². The van der Waals surface area contributed by atoms with E-state index >= 15 is 0 Å². The predicted octanol–water partition coefficient (Wildman–Crippen LogP) is 4.99. The Bertz CT molecular complexity index is 1730. The van der Waals surface area contributed by atoms with Gasteiger partial charge in [-0.1, -0.05) is 51.0 Å². The van der Waals surface area contributed by atoms with E-state index in [4.69, 9.17) is 41.4 Å². The molecule has 0 unspecified atom stereocenters. The Balaban J connectivity index is 0.000000845. The molecule has 1 amide bonds. The van der Waals surface area contributed by atoms with Gasteiger partial charge in [-0.15, -0.1) is 0 Å². The number of carboxylic acid groups (broad SMARTS) is 2. The lowest BCUT2D eigenvalue weighted by molar-refractivity contribution is -0.193. The van der Waals surface area contributed by atoms with E-state index in [1.165, 1.54) is 4.57 Å². The molecule has 0 saturated carbocycles. The average molecular weight is 762 g/mol. The van der Waals surface area contributed by atoms with Crippen molar-refractivity contribution in [1.82, 2.24) is 14.9 Å². The number of ether oxygens (including phenoxy) is 1. The first kappa shape index (κ1) is 45.2. The maximum atomic E-state index is 13.4. The molecule has 53 heavy (non-hydrogen) atoms. The first-order chi connectivity index (χ1) is 24.5. The third-order valence-electron chi connectivity index (χ3n) is 6.89. The SMILES string of the molecule is CCC(CC)COc1cc(N)cc(-c2cnc(NC(C)C)c(=O)n2CC(=O)NCc2ccc(C(=N)N)cc2)c1.O=C(O)C(F)(F)F.O=C(O)C(F)(F)F. The molecule has 3 aromatic rings. The number of anilines is 2. The van der Waals surface area contributed by atoms with Gasteiger partial charge in [0.15, 0.2) is 5.82 Å². The van der Waals surface area contributed by atoms with E-state index in [0.29, 0.717) is 40.8 Å². The zero-order valence-electron chi connectivity index (χ0n) is 29.1. The second-order valence-corrected chi connectivity index (χ2v) is 11.5. The molecule has 0 spiro atoms. The van der Waals surface area contributed by atoms with Crippen molar-refractivity contribution in [3.8, 4) is 17.0 Å². The standard InChI is InChI=1S/C29H39N7O3.2C2HF3O2/c1-5-19(6-2)17-39-24-12-22(11-23(30)13-24)25-15-34-28(35-18(3)4)29(38)36(25)16-26(37)33-14-20-7-9-21(10-8-20)27(31)32;2*3-2(4,5)1(6)7/h7-13,15,18-19H,5-6,14,16-17,30H2,1-4H3,(H3,31,32)(H,33,37)(H,34,35);2*(H,6,7). The summed E-state index contributed by atoms with van der Waals surface area (Å²) in [5, 5.41) is 27.7. The number of carboxylic acids is 2. The molecule has 1 aromatic heterocycles. The van der Waals surface area contributed by atoms with Gasteiger partial charge in [-0.2, -0.15) is 26.3 Å². The smallest absolute Gasteiger partial charge is 0.490 e. The van der Waals surface area contributed by atoms with Gasteiger partial charge in [0, 0.05) is 35.5 Å². The van der Waals surface area contributed by atoms with Gasteiger partial charge in [0.1, 0.15) is 18.1 Å². The Kier molecular flexibility index (Phi) is 17.3. The number of carbonyl (C=O) groups excluding carboxylic acids is 1. The van der Waals surface area contributed by atoms with E-state index in [-0.39, 0.29) is 36.7 Å². The van der Waals surface area contributed by atoms with Crippen molar-refractivity contribution in [2.24, 2.45) is 11.7 Å². The van der Waals surface area contributed by atoms with Gasteiger partial charge < -0.3 is 37.1 Å². The number of alkyl halides is 6. The summed E-state index contributed by atoms with van der Waals surface area (Å²) in [5.41, 5.74) is 14.3. The number of hydrogen-bond acceptors (Lipinski definition) is 9. The fourth-order valence-corrected chi connectivity index (χ4v) is 4.04. The number of aromatic nitrogens is 2. The van der Waals surface area contributed by atoms with Gasteiger partial charge in [0.05, 0.1) is 18.5 Å². The number of nitrogen functional groups attached to an aromatic ring is 2. The predicted molar refractivity (Wildman–Crippen MR) is 183 cm³/mol. The summed E-state index contributed by atoms with van der Waals surface area (Å²) in [7, 11) is 0. The van der Waals surface area contributed by atoms with Gasteiger partial charge in [0.2, 0.25) is 5.91 Å². The van der Waals surface area contributed by atoms with Gasteiger partial charge in [-0.05, 0) is 37.5 Å². The Labute approximate surface area is 299 Å². The minimum absolute atomic E-state index is 0.0197. The van der Waals surface area contributed by atoms with Crippen LogP contribution in [0.1, 0.15) is 51.7 Å². The zero-order valence-corrected chi connectivity index (χ0v) is 29.1. The minimum atomic E-state index is -5.08. The maximum Gasteiger partial charge on any atom is 0.490 e. The molecule has 0 radical (unpaired) electrons. The highest BCUT2D eigenvalue weighted by molar-refractivity contribution is 5.94. The lowest BCUT2D eigenvalue weighted by atomic mass is 10.1. The van der Waals surface area contributed by atoms with Crippen LogP contribution in [0.15, 0.2) is 53.5 Å². The van der Waals surface area contributed by atoms with E-state index in [9.17, 15) is 35.9 Å². The lowest BCUT2D eigenvalue weighted by Gasteiger charge is -2.18. The maximum absolute atomic E-state index is 13.4. The Morgan fingerprint density at radius 1 is 0.962 bits per heavy atom. The molecule has 3 rings (SSSR count). The summed E-state index contributed by atoms with van der Waals surface area (Å²) in [6, 6.07) is 12.3. The largest absolute Gasteiger partial charge is 0.493 e. The molecule has 0 bridgehead atoms. The van der Waals surface area contributed by atoms with Crippen LogP contribution in [0.5, 0.6) is 5.75 Å². The normalized spacial score (nSPS) is 11.1. The second-order valence-electron chi connectivity index (χ2n) is 11.5. The Morgan fingerprint density at radius 2 is 1.49 bits per heavy atom. The third-order valence-corrected chi connectivity index (χ3v) is 6.89. The molecule has 2 aromatic carbocycles. The van der Waals surface area contributed by atoms with Crippen molar-refractivity contribution in [1.29, 1.82) is 5.41 Å². The number of amides is 1. The van der Waals surface area contributed by atoms with E-state index in [1.807, 2.05) is 19.9 Å². The number of halogens is 6. The van der Waals surface area contributed by atoms with Crippen LogP contribution < -0.4 is 32.4 Å². The number of benzene rings is 2. The van der Waals surface area contributed by atoms with E-state index < -0.39 is 29.9 Å². The summed E-state index contributed by atoms with van der Waals surface area (Å²) >= 11 is 0. The summed E-state index contributed by atoms with van der Waals surface area (Å²) in [5.74, 6) is -4.69. The molecule has 0 aliphatic rings. The van der Waals surface area contributed by atoms with Crippen LogP contribution in [-0.4, -0.2) is 68.4 Å². The Hall–Kier alpha value is -5.82. The lowest BCUT2D eigenvalue weighted by Crippen LogP contribution is -2.35. The van der Waals surface area contributed by atoms with Crippen molar-refractivity contribution < 1.29 is 55.7 Å². The molecule has 9 N–H and O–H groups in total. The number of nitrogens with one attached hydrogen (secondary N) is 3. The Morgan fingerprint density at radius 3 is 1.94 bits per heavy atom. The van der Waals surface area contributed by atoms with Gasteiger partial charge in [0.25, 0.3) is 5.56 Å². The molecule has 20 heteroatoms. The third kappa shape index (κ3) is 15.9. The quantitative estimate of drug-likeness (QED) is 0.0530. The van der Waals surface area contributed by atoms with Crippen LogP contribution in [-0.2, 0) is 27.5 Å². The van der Waals surface area contributed by atoms with E-state index in [2.05, 4.69) is 29.5 Å². The first-order valence-electron chi connectivity index (χ1n) is 15.7. The van der Waals surface area contributed by atoms with Crippen molar-refractivity contribution in [2.45, 2.75) is 72.0 Å². The van der Waals surface area contributed by atoms with Crippen molar-refractivity contribution >= 4 is 35.2 Å². The molecule has 292 valence electrons. The van der Waals surface area contributed by atoms with Crippen LogP contribution >= 0.6 is 0 Å². The molecule has 0 aliphatic heterocycles. The number of nitrogens with two attached hydrogens (primary N) is 2. The monoisotopic (exact) mass is 761 g/mol. The van der Waals surface area contributed by atoms with Crippen LogP contribution in [0.4, 0.5) is 37.8 Å². The van der Waals surface area contributed by atoms with Crippen molar-refractivity contribution in [3.05, 3.63) is 70.1 Å². The summed E-state index contributed by atoms with van der Waals surface area (Å²) in [6.07, 6.45) is -6.58. The van der Waals surface area contributed by atoms with Gasteiger partial charge in [-0.3, -0.25) is 19.6 Å². The number of aliphatic carboxylic acids is 2. The average Bonchev–Trinajstić information content (AvgIpc) is 3.05. The molecular weight excluding hydrogens is 720 g/mol. The molecule has 1 heterocycles. The zero-order chi connectivity index (χ0) is 40.7. The first-order valence-corrected chi connectivity index (χ1v) is 15.7. The van der Waals surface area contributed by atoms with Crippen molar-refractivity contribution in [2.75, 3.05) is 17.7 Å². The minimum Gasteiger partial charge on any atom is -0.493 e. The van der Waals surface area contributed by atoms with Crippen molar-refractivity contribution in [3.63, 3.8) is 0 Å². The van der Waals surface area contributed by atoms with E-state index in [0.717, 1.165) is 18.4 Å². The number of nitrogens with zero attached hydrogens (tertiary/aromatic N) is 2. The second kappa shape index (κ2) is 20.3. The fourth-order valence-electron chi connectivity index (χ4n) is 4.04. The summed E-state index contributed by atoms with van der Waals surface area (Å²) in [4.78, 5) is 48.6. The number of amidine groups is 1. The van der Waals surface area contributed by atoms with Gasteiger partial charge in [-0.25, -0.2) is 14.6 Å². The molecule has 0 aliphatic carbocycles. The number of hydrogen-bond donors (Lipinski definition) is 7. The molecule has 0 atom stereocenters. The van der Waals surface area contributed by atoms with Crippen LogP contribution in [0.2, 0.25) is 0 Å². The molecule has 0 saturated heterocycles.